The topological polar surface area (TPSA) is 100 Å². The van der Waals surface area contributed by atoms with Crippen LogP contribution in [0.3, 0.4) is 0 Å². The first-order chi connectivity index (χ1) is 12.6. The molecule has 3 rings (SSSR count). The van der Waals surface area contributed by atoms with Crippen LogP contribution in [0.1, 0.15) is 32.5 Å². The van der Waals surface area contributed by atoms with E-state index in [0.717, 1.165) is 31.4 Å². The Morgan fingerprint density at radius 2 is 1.96 bits per heavy atom. The Morgan fingerprint density at radius 3 is 2.48 bits per heavy atom. The lowest BCUT2D eigenvalue weighted by Crippen LogP contribution is -2.42. The Hall–Kier alpha value is -2.17. The number of carbonyl (C=O) groups excluding carboxylic acids is 1. The van der Waals surface area contributed by atoms with Gasteiger partial charge < -0.3 is 10.4 Å². The van der Waals surface area contributed by atoms with Gasteiger partial charge in [-0.05, 0) is 32.6 Å². The summed E-state index contributed by atoms with van der Waals surface area (Å²) >= 11 is 0. The molecule has 2 aliphatic rings. The fourth-order valence-corrected chi connectivity index (χ4v) is 2.78. The Morgan fingerprint density at radius 1 is 1.33 bits per heavy atom. The summed E-state index contributed by atoms with van der Waals surface area (Å²) < 4.78 is 33.6. The first-order valence-electron chi connectivity index (χ1n) is 8.75. The Balaban J connectivity index is 0.000000321. The van der Waals surface area contributed by atoms with E-state index in [-0.39, 0.29) is 17.9 Å². The molecule has 0 bridgehead atoms. The van der Waals surface area contributed by atoms with E-state index in [4.69, 9.17) is 9.90 Å². The van der Waals surface area contributed by atoms with E-state index in [9.17, 15) is 18.0 Å². The maximum atomic E-state index is 12.3. The van der Waals surface area contributed by atoms with Crippen LogP contribution in [0.5, 0.6) is 0 Å². The van der Waals surface area contributed by atoms with Crippen molar-refractivity contribution < 1.29 is 27.9 Å². The van der Waals surface area contributed by atoms with Crippen LogP contribution in [-0.2, 0) is 22.7 Å². The Bertz CT molecular complexity index is 658. The van der Waals surface area contributed by atoms with Gasteiger partial charge in [-0.3, -0.25) is 9.69 Å². The highest BCUT2D eigenvalue weighted by Crippen LogP contribution is 2.31. The molecule has 1 aromatic rings. The lowest BCUT2D eigenvalue weighted by Gasteiger charge is -2.23. The lowest BCUT2D eigenvalue weighted by molar-refractivity contribution is -0.192. The predicted molar refractivity (Wildman–Crippen MR) is 88.5 cm³/mol. The van der Waals surface area contributed by atoms with Crippen LogP contribution < -0.4 is 5.32 Å². The zero-order valence-electron chi connectivity index (χ0n) is 15.2. The number of alkyl halides is 3. The molecule has 0 aromatic carbocycles. The summed E-state index contributed by atoms with van der Waals surface area (Å²) in [6, 6.07) is 0.179. The van der Waals surface area contributed by atoms with E-state index < -0.39 is 12.1 Å². The van der Waals surface area contributed by atoms with Crippen LogP contribution in [0.2, 0.25) is 0 Å². The normalized spacial score (nSPS) is 20.3. The molecule has 1 amide bonds. The number of aliphatic carboxylic acids is 1. The number of carboxylic acids is 1. The molecule has 8 nitrogen and oxygen atoms in total. The average Bonchev–Trinajstić information content (AvgIpc) is 3.28. The van der Waals surface area contributed by atoms with Gasteiger partial charge in [0.15, 0.2) is 0 Å². The molecule has 1 atom stereocenters. The van der Waals surface area contributed by atoms with Gasteiger partial charge >= 0.3 is 12.1 Å². The SMILES string of the molecule is CC(C)NC(=O)C1CN(CC2CC2)Cc2ncnn2C1.O=C(O)C(F)(F)F. The molecule has 1 aliphatic carbocycles. The minimum atomic E-state index is -5.08. The van der Waals surface area contributed by atoms with Gasteiger partial charge in [0.2, 0.25) is 5.91 Å². The van der Waals surface area contributed by atoms with Crippen molar-refractivity contribution in [3.63, 3.8) is 0 Å². The summed E-state index contributed by atoms with van der Waals surface area (Å²) in [6.07, 6.45) is -0.842. The van der Waals surface area contributed by atoms with E-state index in [0.29, 0.717) is 6.54 Å². The molecular weight excluding hydrogens is 367 g/mol. The summed E-state index contributed by atoms with van der Waals surface area (Å²) in [5.74, 6) is -0.875. The second-order valence-electron chi connectivity index (χ2n) is 7.16. The van der Waals surface area contributed by atoms with E-state index >= 15 is 0 Å². The Kier molecular flexibility index (Phi) is 6.79. The fourth-order valence-electron chi connectivity index (χ4n) is 2.78. The summed E-state index contributed by atoms with van der Waals surface area (Å²) in [5, 5.41) is 14.4. The maximum Gasteiger partial charge on any atom is 0.490 e. The predicted octanol–water partition coefficient (Wildman–Crippen LogP) is 1.28. The van der Waals surface area contributed by atoms with E-state index in [1.807, 2.05) is 18.5 Å². The van der Waals surface area contributed by atoms with Crippen molar-refractivity contribution in [1.29, 1.82) is 0 Å². The fraction of sp³-hybridized carbons (Fsp3) is 0.750. The highest BCUT2D eigenvalue weighted by molar-refractivity contribution is 5.79. The van der Waals surface area contributed by atoms with Crippen LogP contribution >= 0.6 is 0 Å². The monoisotopic (exact) mass is 391 g/mol. The van der Waals surface area contributed by atoms with Gasteiger partial charge in [-0.2, -0.15) is 18.3 Å². The number of amides is 1. The van der Waals surface area contributed by atoms with Gasteiger partial charge in [0.05, 0.1) is 19.0 Å². The summed E-state index contributed by atoms with van der Waals surface area (Å²) in [5.41, 5.74) is 0. The van der Waals surface area contributed by atoms with Crippen LogP contribution in [0.4, 0.5) is 13.2 Å². The molecule has 0 spiro atoms. The van der Waals surface area contributed by atoms with Gasteiger partial charge in [-0.15, -0.1) is 0 Å². The third-order valence-electron chi connectivity index (χ3n) is 4.19. The minimum Gasteiger partial charge on any atom is -0.475 e. The van der Waals surface area contributed by atoms with E-state index in [1.54, 1.807) is 6.33 Å². The Labute approximate surface area is 154 Å². The van der Waals surface area contributed by atoms with Crippen molar-refractivity contribution in [3.05, 3.63) is 12.2 Å². The summed E-state index contributed by atoms with van der Waals surface area (Å²) in [6.45, 7) is 7.32. The number of nitrogens with one attached hydrogen (secondary N) is 1. The number of hydrogen-bond donors (Lipinski definition) is 2. The second-order valence-corrected chi connectivity index (χ2v) is 7.16. The van der Waals surface area contributed by atoms with Gasteiger partial charge in [-0.25, -0.2) is 14.5 Å². The lowest BCUT2D eigenvalue weighted by atomic mass is 10.1. The molecule has 1 fully saturated rings. The van der Waals surface area contributed by atoms with E-state index in [2.05, 4.69) is 20.3 Å². The number of hydrogen-bond acceptors (Lipinski definition) is 5. The first kappa shape index (κ1) is 21.1. The zero-order chi connectivity index (χ0) is 20.2. The van der Waals surface area contributed by atoms with Crippen molar-refractivity contribution in [2.24, 2.45) is 11.8 Å². The number of carboxylic acid groups (broad SMARTS) is 1. The molecule has 0 saturated heterocycles. The van der Waals surface area contributed by atoms with Crippen LogP contribution in [0.25, 0.3) is 0 Å². The average molecular weight is 391 g/mol. The highest BCUT2D eigenvalue weighted by atomic mass is 19.4. The molecule has 27 heavy (non-hydrogen) atoms. The van der Waals surface area contributed by atoms with Gasteiger partial charge in [-0.1, -0.05) is 0 Å². The highest BCUT2D eigenvalue weighted by Gasteiger charge is 2.38. The van der Waals surface area contributed by atoms with Crippen molar-refractivity contribution >= 4 is 11.9 Å². The molecule has 11 heteroatoms. The molecular formula is C16H24F3N5O3. The smallest absolute Gasteiger partial charge is 0.475 e. The van der Waals surface area contributed by atoms with Crippen LogP contribution in [0.15, 0.2) is 6.33 Å². The molecule has 152 valence electrons. The first-order valence-corrected chi connectivity index (χ1v) is 8.75. The van der Waals surface area contributed by atoms with Gasteiger partial charge in [0.25, 0.3) is 0 Å². The molecule has 2 N–H and O–H groups in total. The summed E-state index contributed by atoms with van der Waals surface area (Å²) in [7, 11) is 0. The molecule has 1 aliphatic heterocycles. The van der Waals surface area contributed by atoms with Crippen molar-refractivity contribution in [3.8, 4) is 0 Å². The third-order valence-corrected chi connectivity index (χ3v) is 4.19. The molecule has 0 radical (unpaired) electrons. The number of carbonyl (C=O) groups is 2. The number of nitrogens with zero attached hydrogens (tertiary/aromatic N) is 4. The van der Waals surface area contributed by atoms with Crippen molar-refractivity contribution in [2.75, 3.05) is 13.1 Å². The quantitative estimate of drug-likeness (QED) is 0.802. The number of aromatic nitrogens is 3. The standard InChI is InChI=1S/C14H23N5O.C2HF3O2/c1-10(2)17-14(20)12-6-18(5-11-3-4-11)8-13-15-9-16-19(13)7-12;3-2(4,5)1(6)7/h9-12H,3-8H2,1-2H3,(H,17,20);(H,6,7). The summed E-state index contributed by atoms with van der Waals surface area (Å²) in [4.78, 5) is 27.9. The third kappa shape index (κ3) is 6.81. The van der Waals surface area contributed by atoms with Crippen molar-refractivity contribution in [2.45, 2.75) is 52.0 Å². The van der Waals surface area contributed by atoms with E-state index in [1.165, 1.54) is 12.8 Å². The number of fused-ring (bicyclic) bond motifs is 1. The molecule has 1 unspecified atom stereocenters. The zero-order valence-corrected chi connectivity index (χ0v) is 15.2. The number of halogens is 3. The minimum absolute atomic E-state index is 0.0425. The molecule has 1 aromatic heterocycles. The molecule has 1 saturated carbocycles. The van der Waals surface area contributed by atoms with Gasteiger partial charge in [0, 0.05) is 19.1 Å². The largest absolute Gasteiger partial charge is 0.490 e. The van der Waals surface area contributed by atoms with Gasteiger partial charge in [0.1, 0.15) is 12.2 Å². The second kappa shape index (κ2) is 8.68. The maximum absolute atomic E-state index is 12.3. The number of rotatable bonds is 4. The van der Waals surface area contributed by atoms with Crippen LogP contribution in [0, 0.1) is 11.8 Å². The molecule has 2 heterocycles. The van der Waals surface area contributed by atoms with Crippen LogP contribution in [-0.4, -0.2) is 62.0 Å². The van der Waals surface area contributed by atoms with Crippen molar-refractivity contribution in [1.82, 2.24) is 25.0 Å².